The van der Waals surface area contributed by atoms with E-state index in [0.717, 1.165) is 4.31 Å². The number of carbonyl (C=O) groups excluding carboxylic acids is 1. The number of nitrogens with one attached hydrogen (secondary N) is 2. The molecule has 2 aromatic rings. The summed E-state index contributed by atoms with van der Waals surface area (Å²) in [4.78, 5) is 11.9. The monoisotopic (exact) mass is 379 g/mol. The van der Waals surface area contributed by atoms with Crippen LogP contribution in [0.4, 0.5) is 5.69 Å². The first kappa shape index (κ1) is 18.8. The number of rotatable bonds is 5. The zero-order valence-corrected chi connectivity index (χ0v) is 15.2. The quantitative estimate of drug-likeness (QED) is 0.610. The summed E-state index contributed by atoms with van der Waals surface area (Å²) in [6, 6.07) is 9.46. The lowest BCUT2D eigenvalue weighted by Crippen LogP contribution is -2.32. The number of hydrogen-bond donors (Lipinski definition) is 2. The van der Waals surface area contributed by atoms with E-state index in [2.05, 4.69) is 10.6 Å². The number of amides is 1. The maximum atomic E-state index is 12.0. The minimum absolute atomic E-state index is 0.0947. The number of nitrogens with zero attached hydrogens (tertiary/aromatic N) is 1. The van der Waals surface area contributed by atoms with Crippen LogP contribution in [-0.2, 0) is 14.8 Å². The van der Waals surface area contributed by atoms with Gasteiger partial charge in [-0.3, -0.25) is 10.1 Å². The van der Waals surface area contributed by atoms with Gasteiger partial charge in [-0.25, -0.2) is 12.7 Å². The van der Waals surface area contributed by atoms with Gasteiger partial charge in [0.05, 0.1) is 11.2 Å². The van der Waals surface area contributed by atoms with Gasteiger partial charge < -0.3 is 9.73 Å². The molecule has 9 heteroatoms. The van der Waals surface area contributed by atoms with E-state index in [1.54, 1.807) is 24.3 Å². The predicted octanol–water partition coefficient (Wildman–Crippen LogP) is 2.06. The second-order valence-electron chi connectivity index (χ2n) is 5.10. The number of sulfonamides is 1. The van der Waals surface area contributed by atoms with Gasteiger partial charge in [0, 0.05) is 25.9 Å². The van der Waals surface area contributed by atoms with Gasteiger partial charge in [-0.2, -0.15) is 0 Å². The molecule has 1 aromatic carbocycles. The second-order valence-corrected chi connectivity index (χ2v) is 7.66. The van der Waals surface area contributed by atoms with Gasteiger partial charge in [-0.05, 0) is 54.7 Å². The molecule has 2 N–H and O–H groups in total. The summed E-state index contributed by atoms with van der Waals surface area (Å²) in [5, 5.41) is 5.38. The molecule has 0 saturated carbocycles. The smallest absolute Gasteiger partial charge is 0.250 e. The van der Waals surface area contributed by atoms with Crippen LogP contribution < -0.4 is 10.6 Å². The van der Waals surface area contributed by atoms with Crippen LogP contribution in [0.15, 0.2) is 58.1 Å². The number of hydrogen-bond acceptors (Lipinski definition) is 5. The molecule has 0 bridgehead atoms. The summed E-state index contributed by atoms with van der Waals surface area (Å²) < 4.78 is 30.2. The van der Waals surface area contributed by atoms with Gasteiger partial charge in [-0.15, -0.1) is 0 Å². The summed E-state index contributed by atoms with van der Waals surface area (Å²) in [5.74, 6) is 0.132. The molecule has 7 nitrogen and oxygen atoms in total. The molecule has 25 heavy (non-hydrogen) atoms. The molecule has 0 aliphatic heterocycles. The van der Waals surface area contributed by atoms with Crippen LogP contribution >= 0.6 is 12.2 Å². The molecule has 1 aromatic heterocycles. The second kappa shape index (κ2) is 8.06. The molecule has 0 aliphatic rings. The van der Waals surface area contributed by atoms with Gasteiger partial charge in [0.25, 0.3) is 0 Å². The number of anilines is 1. The fraction of sp³-hybridized carbons (Fsp3) is 0.125. The van der Waals surface area contributed by atoms with E-state index < -0.39 is 15.9 Å². The normalized spacial score (nSPS) is 11.6. The fourth-order valence-electron chi connectivity index (χ4n) is 1.78. The lowest BCUT2D eigenvalue weighted by atomic mass is 10.3. The van der Waals surface area contributed by atoms with Crippen LogP contribution in [0.5, 0.6) is 0 Å². The lowest BCUT2D eigenvalue weighted by molar-refractivity contribution is -0.115. The van der Waals surface area contributed by atoms with Crippen LogP contribution in [0.1, 0.15) is 5.76 Å². The molecule has 1 heterocycles. The summed E-state index contributed by atoms with van der Waals surface area (Å²) in [5.41, 5.74) is 0.554. The highest BCUT2D eigenvalue weighted by molar-refractivity contribution is 7.89. The predicted molar refractivity (Wildman–Crippen MR) is 99.4 cm³/mol. The third kappa shape index (κ3) is 5.24. The van der Waals surface area contributed by atoms with Crippen LogP contribution in [0.3, 0.4) is 0 Å². The highest BCUT2D eigenvalue weighted by Crippen LogP contribution is 2.16. The van der Waals surface area contributed by atoms with Crippen molar-refractivity contribution < 1.29 is 17.6 Å². The maximum absolute atomic E-state index is 12.0. The molecule has 0 aliphatic carbocycles. The molecule has 0 atom stereocenters. The number of thiocarbonyl (C=S) groups is 1. The Morgan fingerprint density at radius 3 is 2.44 bits per heavy atom. The Labute approximate surface area is 151 Å². The maximum Gasteiger partial charge on any atom is 0.250 e. The van der Waals surface area contributed by atoms with Crippen LogP contribution in [0.2, 0.25) is 0 Å². The molecule has 2 rings (SSSR count). The molecule has 0 unspecified atom stereocenters. The number of furan rings is 1. The molecule has 132 valence electrons. The third-order valence-electron chi connectivity index (χ3n) is 3.07. The topological polar surface area (TPSA) is 91.7 Å². The van der Waals surface area contributed by atoms with Crippen molar-refractivity contribution in [2.24, 2.45) is 0 Å². The lowest BCUT2D eigenvalue weighted by Gasteiger charge is -2.12. The average Bonchev–Trinajstić information content (AvgIpc) is 3.06. The first-order valence-corrected chi connectivity index (χ1v) is 9.00. The Kier molecular flexibility index (Phi) is 6.07. The molecule has 0 saturated heterocycles. The number of carbonyl (C=O) groups is 1. The fourth-order valence-corrected chi connectivity index (χ4v) is 2.90. The third-order valence-corrected chi connectivity index (χ3v) is 5.10. The Morgan fingerprint density at radius 1 is 1.20 bits per heavy atom. The van der Waals surface area contributed by atoms with Gasteiger partial charge in [0.15, 0.2) is 5.11 Å². The zero-order valence-electron chi connectivity index (χ0n) is 13.6. The first-order chi connectivity index (χ1) is 11.8. The van der Waals surface area contributed by atoms with Crippen molar-refractivity contribution in [3.63, 3.8) is 0 Å². The summed E-state index contributed by atoms with van der Waals surface area (Å²) in [6.07, 6.45) is 4.31. The van der Waals surface area contributed by atoms with Crippen LogP contribution in [0, 0.1) is 0 Å². The molecular formula is C16H17N3O4S2. The van der Waals surface area contributed by atoms with Crippen molar-refractivity contribution in [2.45, 2.75) is 4.90 Å². The molecule has 1 amide bonds. The molecule has 0 fully saturated rings. The van der Waals surface area contributed by atoms with Crippen molar-refractivity contribution >= 4 is 45.0 Å². The van der Waals surface area contributed by atoms with E-state index in [0.29, 0.717) is 11.4 Å². The largest absolute Gasteiger partial charge is 0.465 e. The highest BCUT2D eigenvalue weighted by Gasteiger charge is 2.16. The Bertz CT molecular complexity index is 871. The molecule has 0 spiro atoms. The standard InChI is InChI=1S/C16H17N3O4S2/c1-19(2)25(21,22)14-8-5-12(6-9-14)17-16(24)18-15(20)10-7-13-4-3-11-23-13/h3-11H,1-2H3,(H2,17,18,20,24). The average molecular weight is 379 g/mol. The van der Waals surface area contributed by atoms with E-state index >= 15 is 0 Å². The van der Waals surface area contributed by atoms with E-state index in [1.165, 1.54) is 44.6 Å². The van der Waals surface area contributed by atoms with Crippen molar-refractivity contribution in [1.82, 2.24) is 9.62 Å². The summed E-state index contributed by atoms with van der Waals surface area (Å²) in [6.45, 7) is 0. The van der Waals surface area contributed by atoms with Gasteiger partial charge in [0.1, 0.15) is 5.76 Å². The minimum Gasteiger partial charge on any atom is -0.465 e. The van der Waals surface area contributed by atoms with E-state index in [4.69, 9.17) is 16.6 Å². The Morgan fingerprint density at radius 2 is 1.88 bits per heavy atom. The van der Waals surface area contributed by atoms with Crippen molar-refractivity contribution in [2.75, 3.05) is 19.4 Å². The highest BCUT2D eigenvalue weighted by atomic mass is 32.2. The zero-order chi connectivity index (χ0) is 18.4. The van der Waals surface area contributed by atoms with Gasteiger partial charge >= 0.3 is 0 Å². The summed E-state index contributed by atoms with van der Waals surface area (Å²) >= 11 is 5.05. The van der Waals surface area contributed by atoms with E-state index in [1.807, 2.05) is 0 Å². The van der Waals surface area contributed by atoms with E-state index in [-0.39, 0.29) is 10.0 Å². The van der Waals surface area contributed by atoms with Crippen molar-refractivity contribution in [3.8, 4) is 0 Å². The van der Waals surface area contributed by atoms with Crippen LogP contribution in [-0.4, -0.2) is 37.8 Å². The number of benzene rings is 1. The van der Waals surface area contributed by atoms with Crippen molar-refractivity contribution in [3.05, 3.63) is 54.5 Å². The van der Waals surface area contributed by atoms with Gasteiger partial charge in [-0.1, -0.05) is 0 Å². The molecule has 0 radical (unpaired) electrons. The first-order valence-electron chi connectivity index (χ1n) is 7.15. The minimum atomic E-state index is -3.49. The van der Waals surface area contributed by atoms with Gasteiger partial charge in [0.2, 0.25) is 15.9 Å². The Balaban J connectivity index is 1.93. The van der Waals surface area contributed by atoms with Crippen LogP contribution in [0.25, 0.3) is 6.08 Å². The Hall–Kier alpha value is -2.49. The SMILES string of the molecule is CN(C)S(=O)(=O)c1ccc(NC(=S)NC(=O)C=Cc2ccco2)cc1. The summed E-state index contributed by atoms with van der Waals surface area (Å²) in [7, 11) is -0.564. The van der Waals surface area contributed by atoms with Crippen molar-refractivity contribution in [1.29, 1.82) is 0 Å². The van der Waals surface area contributed by atoms with E-state index in [9.17, 15) is 13.2 Å². The molecular weight excluding hydrogens is 362 g/mol.